The quantitative estimate of drug-likeness (QED) is 0.300. The average Bonchev–Trinajstić information content (AvgIpc) is 3.45. The maximum atomic E-state index is 13.7. The molecule has 1 heterocycles. The summed E-state index contributed by atoms with van der Waals surface area (Å²) in [6.45, 7) is 5.10. The third-order valence-electron chi connectivity index (χ3n) is 6.54. The number of sulfonamides is 1. The van der Waals surface area contributed by atoms with Crippen molar-refractivity contribution in [1.82, 2.24) is 14.9 Å². The van der Waals surface area contributed by atoms with Crippen LogP contribution < -0.4 is 20.1 Å². The molecule has 11 heteroatoms. The highest BCUT2D eigenvalue weighted by Gasteiger charge is 2.32. The number of nitrogens with one attached hydrogen (secondary N) is 2. The van der Waals surface area contributed by atoms with Crippen molar-refractivity contribution in [2.24, 2.45) is 5.92 Å². The van der Waals surface area contributed by atoms with E-state index in [1.165, 1.54) is 36.7 Å². The van der Waals surface area contributed by atoms with E-state index in [0.29, 0.717) is 25.4 Å². The first kappa shape index (κ1) is 30.8. The molecule has 2 aromatic rings. The maximum Gasteiger partial charge on any atom is 0.243 e. The molecule has 1 aliphatic rings. The van der Waals surface area contributed by atoms with E-state index in [9.17, 15) is 18.3 Å². The van der Waals surface area contributed by atoms with Crippen LogP contribution in [0.1, 0.15) is 25.8 Å². The predicted molar refractivity (Wildman–Crippen MR) is 148 cm³/mol. The average molecular weight is 564 g/mol. The van der Waals surface area contributed by atoms with Crippen molar-refractivity contribution < 1.29 is 32.5 Å². The van der Waals surface area contributed by atoms with Gasteiger partial charge in [0.25, 0.3) is 0 Å². The lowest BCUT2D eigenvalue weighted by Crippen LogP contribution is -2.53. The number of benzene rings is 2. The van der Waals surface area contributed by atoms with E-state index >= 15 is 0 Å². The van der Waals surface area contributed by atoms with E-state index < -0.39 is 22.2 Å². The number of aliphatic hydroxyl groups excluding tert-OH is 1. The lowest BCUT2D eigenvalue weighted by Gasteiger charge is -2.31. The lowest BCUT2D eigenvalue weighted by atomic mass is 10.0. The Morgan fingerprint density at radius 1 is 1.10 bits per heavy atom. The summed E-state index contributed by atoms with van der Waals surface area (Å²) in [6, 6.07) is 13.3. The van der Waals surface area contributed by atoms with Crippen molar-refractivity contribution >= 4 is 15.9 Å². The first-order chi connectivity index (χ1) is 18.6. The highest BCUT2D eigenvalue weighted by Crippen LogP contribution is 2.31. The zero-order valence-electron chi connectivity index (χ0n) is 23.1. The topological polar surface area (TPSA) is 126 Å². The monoisotopic (exact) mass is 563 g/mol. The molecule has 0 unspecified atom stereocenters. The Bertz CT molecular complexity index is 1160. The molecule has 3 N–H and O–H groups in total. The minimum absolute atomic E-state index is 0.00730. The van der Waals surface area contributed by atoms with E-state index in [0.717, 1.165) is 12.0 Å². The zero-order valence-corrected chi connectivity index (χ0v) is 23.9. The van der Waals surface area contributed by atoms with Gasteiger partial charge in [-0.1, -0.05) is 44.2 Å². The number of carbonyl (C=O) groups excluding carboxylic acids is 1. The van der Waals surface area contributed by atoms with Gasteiger partial charge in [0, 0.05) is 31.8 Å². The van der Waals surface area contributed by atoms with Crippen LogP contribution in [-0.2, 0) is 26.0 Å². The van der Waals surface area contributed by atoms with Crippen molar-refractivity contribution in [3.05, 3.63) is 54.1 Å². The summed E-state index contributed by atoms with van der Waals surface area (Å²) in [4.78, 5) is 12.9. The van der Waals surface area contributed by atoms with Crippen molar-refractivity contribution in [3.8, 4) is 11.5 Å². The summed E-state index contributed by atoms with van der Waals surface area (Å²) in [7, 11) is -1.09. The molecule has 0 aliphatic carbocycles. The highest BCUT2D eigenvalue weighted by molar-refractivity contribution is 7.89. The van der Waals surface area contributed by atoms with Gasteiger partial charge in [-0.2, -0.15) is 4.31 Å². The van der Waals surface area contributed by atoms with Crippen molar-refractivity contribution in [2.75, 3.05) is 47.1 Å². The van der Waals surface area contributed by atoms with E-state index in [1.54, 1.807) is 0 Å². The molecule has 2 aromatic carbocycles. The summed E-state index contributed by atoms with van der Waals surface area (Å²) in [5, 5.41) is 17.5. The van der Waals surface area contributed by atoms with Gasteiger partial charge in [0.1, 0.15) is 0 Å². The molecule has 0 radical (unpaired) electrons. The molecule has 39 heavy (non-hydrogen) atoms. The molecule has 0 bridgehead atoms. The number of methoxy groups -OCH3 is 2. The van der Waals surface area contributed by atoms with Crippen molar-refractivity contribution in [1.29, 1.82) is 0 Å². The summed E-state index contributed by atoms with van der Waals surface area (Å²) in [6.07, 6.45) is 0.00548. The molecule has 0 saturated carbocycles. The Hall–Kier alpha value is -2.70. The molecular weight excluding hydrogens is 522 g/mol. The SMILES string of the molecule is COc1ccc(S(=O)(=O)N(CC(C)C)C[C@@H](O)[C@H](Cc2ccccc2)NC(=O)CN[C@H]2CCOC2)cc1OC. The van der Waals surface area contributed by atoms with Gasteiger partial charge in [-0.3, -0.25) is 4.79 Å². The second-order valence-electron chi connectivity index (χ2n) is 10.1. The molecule has 1 amide bonds. The fourth-order valence-electron chi connectivity index (χ4n) is 4.48. The Kier molecular flexibility index (Phi) is 11.6. The van der Waals surface area contributed by atoms with Gasteiger partial charge < -0.3 is 30.0 Å². The molecule has 0 aromatic heterocycles. The van der Waals surface area contributed by atoms with Gasteiger partial charge in [-0.25, -0.2) is 8.42 Å². The molecule has 216 valence electrons. The van der Waals surface area contributed by atoms with Crippen LogP contribution in [0.15, 0.2) is 53.4 Å². The normalized spacial score (nSPS) is 17.3. The standard InChI is InChI=1S/C28H41N3O7S/c1-20(2)17-31(39(34,35)23-10-11-26(36-3)27(15-23)37-4)18-25(32)24(14-21-8-6-5-7-9-21)30-28(33)16-29-22-12-13-38-19-22/h5-11,15,20,22,24-25,29,32H,12-14,16-19H2,1-4H3,(H,30,33)/t22-,24-,25+/m0/s1. The third-order valence-corrected chi connectivity index (χ3v) is 8.37. The third kappa shape index (κ3) is 8.91. The Morgan fingerprint density at radius 3 is 2.44 bits per heavy atom. The van der Waals surface area contributed by atoms with E-state index in [4.69, 9.17) is 14.2 Å². The van der Waals surface area contributed by atoms with E-state index in [2.05, 4.69) is 10.6 Å². The smallest absolute Gasteiger partial charge is 0.243 e. The van der Waals surface area contributed by atoms with Crippen LogP contribution in [0.2, 0.25) is 0 Å². The predicted octanol–water partition coefficient (Wildman–Crippen LogP) is 1.82. The van der Waals surface area contributed by atoms with Gasteiger partial charge in [-0.15, -0.1) is 0 Å². The Balaban J connectivity index is 1.81. The van der Waals surface area contributed by atoms with Gasteiger partial charge >= 0.3 is 0 Å². The molecule has 3 atom stereocenters. The second kappa shape index (κ2) is 14.6. The Morgan fingerprint density at radius 2 is 1.82 bits per heavy atom. The van der Waals surface area contributed by atoms with E-state index in [-0.39, 0.29) is 48.1 Å². The fraction of sp³-hybridized carbons (Fsp3) is 0.536. The van der Waals surface area contributed by atoms with Crippen LogP contribution in [0.3, 0.4) is 0 Å². The van der Waals surface area contributed by atoms with Crippen LogP contribution >= 0.6 is 0 Å². The minimum Gasteiger partial charge on any atom is -0.493 e. The Labute approximate surface area is 231 Å². The van der Waals surface area contributed by atoms with Gasteiger partial charge in [0.05, 0.1) is 44.4 Å². The zero-order chi connectivity index (χ0) is 28.4. The second-order valence-corrected chi connectivity index (χ2v) is 12.0. The van der Waals surface area contributed by atoms with E-state index in [1.807, 2.05) is 44.2 Å². The number of aliphatic hydroxyl groups is 1. The first-order valence-corrected chi connectivity index (χ1v) is 14.6. The molecule has 1 aliphatic heterocycles. The molecule has 1 saturated heterocycles. The van der Waals surface area contributed by atoms with Crippen LogP contribution in [-0.4, -0.2) is 89.0 Å². The summed E-state index contributed by atoms with van der Waals surface area (Å²) < 4.78 is 44.6. The molecule has 1 fully saturated rings. The number of ether oxygens (including phenoxy) is 3. The summed E-state index contributed by atoms with van der Waals surface area (Å²) >= 11 is 0. The van der Waals surface area contributed by atoms with Crippen molar-refractivity contribution in [3.63, 3.8) is 0 Å². The van der Waals surface area contributed by atoms with Crippen LogP contribution in [0, 0.1) is 5.92 Å². The van der Waals surface area contributed by atoms with Gasteiger partial charge in [0.2, 0.25) is 15.9 Å². The highest BCUT2D eigenvalue weighted by atomic mass is 32.2. The first-order valence-electron chi connectivity index (χ1n) is 13.2. The van der Waals surface area contributed by atoms with Crippen molar-refractivity contribution in [2.45, 2.75) is 49.8 Å². The molecule has 3 rings (SSSR count). The number of hydrogen-bond acceptors (Lipinski definition) is 8. The minimum atomic E-state index is -4.01. The van der Waals surface area contributed by atoms with Crippen LogP contribution in [0.5, 0.6) is 11.5 Å². The van der Waals surface area contributed by atoms with Gasteiger partial charge in [-0.05, 0) is 36.5 Å². The number of carbonyl (C=O) groups is 1. The van der Waals surface area contributed by atoms with Crippen LogP contribution in [0.4, 0.5) is 0 Å². The molecule has 10 nitrogen and oxygen atoms in total. The number of nitrogens with zero attached hydrogens (tertiary/aromatic N) is 1. The molecular formula is C28H41N3O7S. The summed E-state index contributed by atoms with van der Waals surface area (Å²) in [5.41, 5.74) is 0.914. The lowest BCUT2D eigenvalue weighted by molar-refractivity contribution is -0.122. The van der Waals surface area contributed by atoms with Crippen LogP contribution in [0.25, 0.3) is 0 Å². The largest absolute Gasteiger partial charge is 0.493 e. The maximum absolute atomic E-state index is 13.7. The number of hydrogen-bond donors (Lipinski definition) is 3. The summed E-state index contributed by atoms with van der Waals surface area (Å²) in [5.74, 6) is 0.417. The number of amides is 1. The number of rotatable bonds is 15. The van der Waals surface area contributed by atoms with Gasteiger partial charge in [0.15, 0.2) is 11.5 Å². The molecule has 0 spiro atoms. The fourth-order valence-corrected chi connectivity index (χ4v) is 6.12.